The molecule has 110 valence electrons. The number of piperidine rings is 1. The van der Waals surface area contributed by atoms with E-state index in [2.05, 4.69) is 0 Å². The summed E-state index contributed by atoms with van der Waals surface area (Å²) in [5, 5.41) is 11.4. The predicted octanol–water partition coefficient (Wildman–Crippen LogP) is 2.31. The number of hydrogen-bond donors (Lipinski definition) is 1. The lowest BCUT2D eigenvalue weighted by Crippen LogP contribution is -2.43. The highest BCUT2D eigenvalue weighted by molar-refractivity contribution is 5.70. The van der Waals surface area contributed by atoms with Crippen LogP contribution in [0.4, 0.5) is 11.4 Å². The standard InChI is InChI=1S/C14H21N3O3/c1-2-9-20-13-7-3-6-12(14(13)17(18)19)16-8-4-5-11(15)10-16/h3,6-7,11H,2,4-5,8-10,15H2,1H3. The van der Waals surface area contributed by atoms with Crippen molar-refractivity contribution in [2.75, 3.05) is 24.6 Å². The fourth-order valence-electron chi connectivity index (χ4n) is 2.51. The quantitative estimate of drug-likeness (QED) is 0.660. The largest absolute Gasteiger partial charge is 0.487 e. The molecular weight excluding hydrogens is 258 g/mol. The zero-order chi connectivity index (χ0) is 14.5. The van der Waals surface area contributed by atoms with Crippen molar-refractivity contribution < 1.29 is 9.66 Å². The molecule has 2 N–H and O–H groups in total. The molecule has 0 radical (unpaired) electrons. The summed E-state index contributed by atoms with van der Waals surface area (Å²) in [6, 6.07) is 5.30. The van der Waals surface area contributed by atoms with E-state index in [1.54, 1.807) is 18.2 Å². The second-order valence-electron chi connectivity index (χ2n) is 5.08. The average Bonchev–Trinajstić information content (AvgIpc) is 2.44. The van der Waals surface area contributed by atoms with Crippen LogP contribution in [0.2, 0.25) is 0 Å². The third-order valence-corrected chi connectivity index (χ3v) is 3.42. The average molecular weight is 279 g/mol. The number of rotatable bonds is 5. The van der Waals surface area contributed by atoms with Gasteiger partial charge >= 0.3 is 5.69 Å². The fourth-order valence-corrected chi connectivity index (χ4v) is 2.51. The lowest BCUT2D eigenvalue weighted by molar-refractivity contribution is -0.385. The second kappa shape index (κ2) is 6.56. The van der Waals surface area contributed by atoms with E-state index in [-0.39, 0.29) is 16.7 Å². The minimum Gasteiger partial charge on any atom is -0.487 e. The van der Waals surface area contributed by atoms with Crippen LogP contribution < -0.4 is 15.4 Å². The number of anilines is 1. The van der Waals surface area contributed by atoms with E-state index in [0.717, 1.165) is 25.8 Å². The van der Waals surface area contributed by atoms with E-state index in [1.807, 2.05) is 11.8 Å². The predicted molar refractivity (Wildman–Crippen MR) is 78.3 cm³/mol. The van der Waals surface area contributed by atoms with Crippen molar-refractivity contribution >= 4 is 11.4 Å². The summed E-state index contributed by atoms with van der Waals surface area (Å²) in [5.74, 6) is 0.341. The molecule has 2 rings (SSSR count). The Labute approximate surface area is 118 Å². The summed E-state index contributed by atoms with van der Waals surface area (Å²) in [5.41, 5.74) is 6.63. The van der Waals surface area contributed by atoms with Crippen LogP contribution >= 0.6 is 0 Å². The first kappa shape index (κ1) is 14.6. The molecule has 1 heterocycles. The molecule has 1 aromatic rings. The maximum absolute atomic E-state index is 11.4. The molecule has 1 saturated heterocycles. The lowest BCUT2D eigenvalue weighted by Gasteiger charge is -2.32. The molecule has 1 aliphatic rings. The van der Waals surface area contributed by atoms with Crippen LogP contribution in [0.1, 0.15) is 26.2 Å². The van der Waals surface area contributed by atoms with E-state index in [4.69, 9.17) is 10.5 Å². The number of ether oxygens (including phenoxy) is 1. The maximum Gasteiger partial charge on any atom is 0.333 e. The summed E-state index contributed by atoms with van der Waals surface area (Å²) < 4.78 is 5.51. The molecule has 1 atom stereocenters. The minimum absolute atomic E-state index is 0.0510. The van der Waals surface area contributed by atoms with Crippen molar-refractivity contribution in [3.63, 3.8) is 0 Å². The monoisotopic (exact) mass is 279 g/mol. The zero-order valence-electron chi connectivity index (χ0n) is 11.7. The van der Waals surface area contributed by atoms with Gasteiger partial charge in [0.2, 0.25) is 0 Å². The molecule has 0 aromatic heterocycles. The Morgan fingerprint density at radius 2 is 2.35 bits per heavy atom. The van der Waals surface area contributed by atoms with Gasteiger partial charge in [0, 0.05) is 19.1 Å². The summed E-state index contributed by atoms with van der Waals surface area (Å²) in [6.45, 7) is 3.90. The highest BCUT2D eigenvalue weighted by Gasteiger charge is 2.27. The van der Waals surface area contributed by atoms with E-state index in [0.29, 0.717) is 24.6 Å². The molecule has 1 unspecified atom stereocenters. The number of para-hydroxylation sites is 1. The minimum atomic E-state index is -0.361. The van der Waals surface area contributed by atoms with Gasteiger partial charge in [-0.15, -0.1) is 0 Å². The third-order valence-electron chi connectivity index (χ3n) is 3.42. The van der Waals surface area contributed by atoms with Crippen LogP contribution in [0, 0.1) is 10.1 Å². The summed E-state index contributed by atoms with van der Waals surface area (Å²) >= 11 is 0. The van der Waals surface area contributed by atoms with Crippen molar-refractivity contribution in [2.24, 2.45) is 5.73 Å². The Bertz CT molecular complexity index is 479. The van der Waals surface area contributed by atoms with Crippen molar-refractivity contribution in [1.82, 2.24) is 0 Å². The third kappa shape index (κ3) is 3.19. The number of hydrogen-bond acceptors (Lipinski definition) is 5. The smallest absolute Gasteiger partial charge is 0.333 e. The van der Waals surface area contributed by atoms with Crippen LogP contribution in [0.15, 0.2) is 18.2 Å². The number of nitro benzene ring substituents is 1. The van der Waals surface area contributed by atoms with Gasteiger partial charge in [-0.05, 0) is 31.4 Å². The van der Waals surface area contributed by atoms with Crippen LogP contribution in [0.25, 0.3) is 0 Å². The normalized spacial score (nSPS) is 18.9. The molecule has 20 heavy (non-hydrogen) atoms. The van der Waals surface area contributed by atoms with Crippen LogP contribution in [0.5, 0.6) is 5.75 Å². The SMILES string of the molecule is CCCOc1cccc(N2CCCC(N)C2)c1[N+](=O)[O-]. The zero-order valence-corrected chi connectivity index (χ0v) is 11.7. The van der Waals surface area contributed by atoms with Crippen LogP contribution in [0.3, 0.4) is 0 Å². The molecule has 1 aromatic carbocycles. The van der Waals surface area contributed by atoms with E-state index in [1.165, 1.54) is 0 Å². The number of nitrogens with two attached hydrogens (primary N) is 1. The summed E-state index contributed by atoms with van der Waals surface area (Å²) in [4.78, 5) is 13.0. The van der Waals surface area contributed by atoms with Crippen molar-refractivity contribution in [3.8, 4) is 5.75 Å². The van der Waals surface area contributed by atoms with Gasteiger partial charge in [0.05, 0.1) is 11.5 Å². The molecule has 0 amide bonds. The highest BCUT2D eigenvalue weighted by Crippen LogP contribution is 2.38. The van der Waals surface area contributed by atoms with E-state index < -0.39 is 0 Å². The Kier molecular flexibility index (Phi) is 4.79. The fraction of sp³-hybridized carbons (Fsp3) is 0.571. The lowest BCUT2D eigenvalue weighted by atomic mass is 10.1. The van der Waals surface area contributed by atoms with Gasteiger partial charge < -0.3 is 15.4 Å². The molecule has 1 aliphatic heterocycles. The number of benzene rings is 1. The summed E-state index contributed by atoms with van der Waals surface area (Å²) in [6.07, 6.45) is 2.74. The number of nitro groups is 1. The highest BCUT2D eigenvalue weighted by atomic mass is 16.6. The maximum atomic E-state index is 11.4. The van der Waals surface area contributed by atoms with Crippen LogP contribution in [-0.2, 0) is 0 Å². The molecular formula is C14H21N3O3. The Balaban J connectivity index is 2.33. The van der Waals surface area contributed by atoms with Gasteiger partial charge in [-0.1, -0.05) is 13.0 Å². The van der Waals surface area contributed by atoms with E-state index >= 15 is 0 Å². The Morgan fingerprint density at radius 1 is 1.55 bits per heavy atom. The van der Waals surface area contributed by atoms with Crippen molar-refractivity contribution in [1.29, 1.82) is 0 Å². The molecule has 0 bridgehead atoms. The summed E-state index contributed by atoms with van der Waals surface area (Å²) in [7, 11) is 0. The molecule has 6 nitrogen and oxygen atoms in total. The molecule has 0 saturated carbocycles. The van der Waals surface area contributed by atoms with Gasteiger partial charge in [-0.2, -0.15) is 0 Å². The van der Waals surface area contributed by atoms with Crippen LogP contribution in [-0.4, -0.2) is 30.7 Å². The van der Waals surface area contributed by atoms with Gasteiger partial charge in [-0.3, -0.25) is 10.1 Å². The Morgan fingerprint density at radius 3 is 3.00 bits per heavy atom. The Hall–Kier alpha value is -1.82. The van der Waals surface area contributed by atoms with E-state index in [9.17, 15) is 10.1 Å². The second-order valence-corrected chi connectivity index (χ2v) is 5.08. The van der Waals surface area contributed by atoms with Gasteiger partial charge in [-0.25, -0.2) is 0 Å². The van der Waals surface area contributed by atoms with Gasteiger partial charge in [0.25, 0.3) is 0 Å². The molecule has 1 fully saturated rings. The van der Waals surface area contributed by atoms with Gasteiger partial charge in [0.15, 0.2) is 5.75 Å². The first-order chi connectivity index (χ1) is 9.63. The molecule has 0 spiro atoms. The van der Waals surface area contributed by atoms with Crippen molar-refractivity contribution in [2.45, 2.75) is 32.2 Å². The van der Waals surface area contributed by atoms with Crippen molar-refractivity contribution in [3.05, 3.63) is 28.3 Å². The topological polar surface area (TPSA) is 81.6 Å². The number of nitrogens with zero attached hydrogens (tertiary/aromatic N) is 2. The van der Waals surface area contributed by atoms with Gasteiger partial charge in [0.1, 0.15) is 5.69 Å². The molecule has 0 aliphatic carbocycles. The first-order valence-corrected chi connectivity index (χ1v) is 7.04. The first-order valence-electron chi connectivity index (χ1n) is 7.04. The molecule has 6 heteroatoms.